The molecule has 0 atom stereocenters. The van der Waals surface area contributed by atoms with Crippen LogP contribution < -0.4 is 9.47 Å². The van der Waals surface area contributed by atoms with Crippen LogP contribution in [0, 0.1) is 6.92 Å². The minimum atomic E-state index is -0.554. The molecule has 0 radical (unpaired) electrons. The number of nitrogens with zero attached hydrogens (tertiary/aromatic N) is 1. The topological polar surface area (TPSA) is 91.8 Å². The minimum Gasteiger partial charge on any atom is -0.465 e. The van der Waals surface area contributed by atoms with Crippen LogP contribution in [0.5, 0.6) is 11.5 Å². The van der Waals surface area contributed by atoms with Gasteiger partial charge in [-0.1, -0.05) is 12.1 Å². The van der Waals surface area contributed by atoms with Crippen molar-refractivity contribution < 1.29 is 28.6 Å². The van der Waals surface area contributed by atoms with Gasteiger partial charge in [0.05, 0.1) is 23.8 Å². The van der Waals surface area contributed by atoms with Crippen molar-refractivity contribution in [1.82, 2.24) is 4.98 Å². The highest BCUT2D eigenvalue weighted by molar-refractivity contribution is 6.15. The summed E-state index contributed by atoms with van der Waals surface area (Å²) in [5.74, 6) is -0.492. The Bertz CT molecular complexity index is 1210. The summed E-state index contributed by atoms with van der Waals surface area (Å²) >= 11 is 0. The molecule has 0 N–H and O–H groups in total. The number of allylic oxidation sites excluding steroid dienone is 1. The summed E-state index contributed by atoms with van der Waals surface area (Å²) < 4.78 is 15.9. The fraction of sp³-hybridized carbons (Fsp3) is 0.0833. The monoisotopic (exact) mass is 415 g/mol. The first-order chi connectivity index (χ1) is 15.0. The number of carbonyl (C=O) groups is 3. The number of rotatable bonds is 4. The molecule has 2 heterocycles. The standard InChI is InChI=1S/C24H17NO6/c1-14-19(31-24(28)17-4-3-11-25-13-17)10-9-18-21(26)20(30-22(14)18)12-15-5-7-16(8-6-15)23(27)29-2/h3-13H,1-2H3/b20-12-. The van der Waals surface area contributed by atoms with E-state index in [4.69, 9.17) is 9.47 Å². The average molecular weight is 415 g/mol. The van der Waals surface area contributed by atoms with Crippen LogP contribution in [-0.2, 0) is 4.74 Å². The molecule has 0 saturated heterocycles. The van der Waals surface area contributed by atoms with Gasteiger partial charge in [-0.25, -0.2) is 9.59 Å². The molecule has 1 aromatic heterocycles. The Morgan fingerprint density at radius 1 is 1.00 bits per heavy atom. The van der Waals surface area contributed by atoms with E-state index in [1.165, 1.54) is 13.3 Å². The van der Waals surface area contributed by atoms with Gasteiger partial charge in [0.2, 0.25) is 5.78 Å². The third-order valence-corrected chi connectivity index (χ3v) is 4.77. The van der Waals surface area contributed by atoms with E-state index in [9.17, 15) is 14.4 Å². The van der Waals surface area contributed by atoms with Gasteiger partial charge in [0.15, 0.2) is 5.76 Å². The molecule has 0 unspecified atom stereocenters. The maximum absolute atomic E-state index is 12.7. The fourth-order valence-electron chi connectivity index (χ4n) is 3.11. The number of hydrogen-bond acceptors (Lipinski definition) is 7. The van der Waals surface area contributed by atoms with E-state index in [0.717, 1.165) is 0 Å². The number of fused-ring (bicyclic) bond motifs is 1. The van der Waals surface area contributed by atoms with E-state index < -0.39 is 11.9 Å². The van der Waals surface area contributed by atoms with E-state index >= 15 is 0 Å². The lowest BCUT2D eigenvalue weighted by molar-refractivity contribution is 0.0600. The Morgan fingerprint density at radius 2 is 1.77 bits per heavy atom. The number of ether oxygens (including phenoxy) is 3. The van der Waals surface area contributed by atoms with Crippen molar-refractivity contribution in [1.29, 1.82) is 0 Å². The highest BCUT2D eigenvalue weighted by Gasteiger charge is 2.30. The van der Waals surface area contributed by atoms with Crippen LogP contribution in [0.15, 0.2) is 66.7 Å². The smallest absolute Gasteiger partial charge is 0.345 e. The summed E-state index contributed by atoms with van der Waals surface area (Å²) in [5.41, 5.74) is 2.33. The van der Waals surface area contributed by atoms with Crippen LogP contribution in [-0.4, -0.2) is 29.8 Å². The van der Waals surface area contributed by atoms with Gasteiger partial charge < -0.3 is 14.2 Å². The van der Waals surface area contributed by atoms with Gasteiger partial charge >= 0.3 is 11.9 Å². The Balaban J connectivity index is 1.57. The van der Waals surface area contributed by atoms with Crippen LogP contribution >= 0.6 is 0 Å². The van der Waals surface area contributed by atoms with E-state index in [2.05, 4.69) is 9.72 Å². The second kappa shape index (κ2) is 8.23. The van der Waals surface area contributed by atoms with E-state index in [0.29, 0.717) is 39.3 Å². The van der Waals surface area contributed by atoms with Gasteiger partial charge in [0.25, 0.3) is 0 Å². The molecule has 1 aliphatic heterocycles. The largest absolute Gasteiger partial charge is 0.465 e. The molecule has 2 aromatic carbocycles. The second-order valence-corrected chi connectivity index (χ2v) is 6.75. The number of carbonyl (C=O) groups excluding carboxylic acids is 3. The lowest BCUT2D eigenvalue weighted by Gasteiger charge is -2.10. The molecule has 7 nitrogen and oxygen atoms in total. The summed E-state index contributed by atoms with van der Waals surface area (Å²) in [4.78, 5) is 40.5. The summed E-state index contributed by atoms with van der Waals surface area (Å²) in [6.45, 7) is 1.71. The van der Waals surface area contributed by atoms with E-state index in [1.807, 2.05) is 0 Å². The van der Waals surface area contributed by atoms with Crippen LogP contribution in [0.4, 0.5) is 0 Å². The Morgan fingerprint density at radius 3 is 2.45 bits per heavy atom. The predicted octanol–water partition coefficient (Wildman–Crippen LogP) is 4.01. The zero-order valence-electron chi connectivity index (χ0n) is 16.7. The second-order valence-electron chi connectivity index (χ2n) is 6.75. The fourth-order valence-corrected chi connectivity index (χ4v) is 3.11. The molecule has 0 saturated carbocycles. The van der Waals surface area contributed by atoms with Gasteiger partial charge in [-0.05, 0) is 55.0 Å². The molecule has 0 spiro atoms. The average Bonchev–Trinajstić information content (AvgIpc) is 3.12. The van der Waals surface area contributed by atoms with E-state index in [-0.39, 0.29) is 11.5 Å². The predicted molar refractivity (Wildman–Crippen MR) is 111 cm³/mol. The van der Waals surface area contributed by atoms with E-state index in [1.54, 1.807) is 67.7 Å². The van der Waals surface area contributed by atoms with Gasteiger partial charge in [-0.15, -0.1) is 0 Å². The van der Waals surface area contributed by atoms with Crippen LogP contribution in [0.3, 0.4) is 0 Å². The third-order valence-electron chi connectivity index (χ3n) is 4.77. The van der Waals surface area contributed by atoms with Gasteiger partial charge in [0.1, 0.15) is 11.5 Å². The lowest BCUT2D eigenvalue weighted by Crippen LogP contribution is -2.09. The number of aromatic nitrogens is 1. The Hall–Kier alpha value is -4.26. The minimum absolute atomic E-state index is 0.139. The number of pyridine rings is 1. The molecule has 154 valence electrons. The third kappa shape index (κ3) is 3.93. The molecule has 31 heavy (non-hydrogen) atoms. The number of Topliss-reactive ketones (excluding diaryl/α,β-unsaturated/α-hetero) is 1. The van der Waals surface area contributed by atoms with Crippen molar-refractivity contribution in [2.24, 2.45) is 0 Å². The molecule has 1 aliphatic rings. The van der Waals surface area contributed by atoms with Gasteiger partial charge in [-0.2, -0.15) is 0 Å². The van der Waals surface area contributed by atoms with Crippen LogP contribution in [0.25, 0.3) is 6.08 Å². The summed E-state index contributed by atoms with van der Waals surface area (Å²) in [7, 11) is 1.31. The normalized spacial score (nSPS) is 13.5. The number of esters is 2. The first-order valence-corrected chi connectivity index (χ1v) is 9.36. The van der Waals surface area contributed by atoms with Crippen LogP contribution in [0.2, 0.25) is 0 Å². The number of ketones is 1. The van der Waals surface area contributed by atoms with Crippen molar-refractivity contribution in [3.63, 3.8) is 0 Å². The SMILES string of the molecule is COC(=O)c1ccc(/C=C2\Oc3c(ccc(OC(=O)c4cccnc4)c3C)C2=O)cc1. The highest BCUT2D eigenvalue weighted by atomic mass is 16.5. The Labute approximate surface area is 177 Å². The van der Waals surface area contributed by atoms with Crippen molar-refractivity contribution in [3.8, 4) is 11.5 Å². The van der Waals surface area contributed by atoms with Crippen molar-refractivity contribution in [2.75, 3.05) is 7.11 Å². The van der Waals surface area contributed by atoms with Gasteiger partial charge in [-0.3, -0.25) is 9.78 Å². The molecule has 3 aromatic rings. The molecule has 7 heteroatoms. The first-order valence-electron chi connectivity index (χ1n) is 9.36. The molecule has 0 aliphatic carbocycles. The zero-order chi connectivity index (χ0) is 22.0. The summed E-state index contributed by atoms with van der Waals surface area (Å²) in [6, 6.07) is 13.0. The molecule has 4 rings (SSSR count). The van der Waals surface area contributed by atoms with Crippen molar-refractivity contribution >= 4 is 23.8 Å². The lowest BCUT2D eigenvalue weighted by atomic mass is 10.1. The first kappa shape index (κ1) is 20.0. The summed E-state index contributed by atoms with van der Waals surface area (Å²) in [6.07, 6.45) is 4.56. The molecule has 0 amide bonds. The quantitative estimate of drug-likeness (QED) is 0.361. The number of hydrogen-bond donors (Lipinski definition) is 0. The van der Waals surface area contributed by atoms with Crippen molar-refractivity contribution in [3.05, 3.63) is 94.5 Å². The van der Waals surface area contributed by atoms with Crippen LogP contribution in [0.1, 0.15) is 42.2 Å². The van der Waals surface area contributed by atoms with Crippen molar-refractivity contribution in [2.45, 2.75) is 6.92 Å². The molecule has 0 fully saturated rings. The molecular weight excluding hydrogens is 398 g/mol. The maximum atomic E-state index is 12.7. The maximum Gasteiger partial charge on any atom is 0.345 e. The highest BCUT2D eigenvalue weighted by Crippen LogP contribution is 2.39. The molecular formula is C24H17NO6. The number of benzene rings is 2. The van der Waals surface area contributed by atoms with Gasteiger partial charge in [0, 0.05) is 18.0 Å². The zero-order valence-corrected chi connectivity index (χ0v) is 16.7. The molecule has 0 bridgehead atoms. The summed E-state index contributed by atoms with van der Waals surface area (Å²) in [5, 5.41) is 0. The Kier molecular flexibility index (Phi) is 5.32. The number of methoxy groups -OCH3 is 1.